The van der Waals surface area contributed by atoms with Crippen molar-refractivity contribution in [1.29, 1.82) is 0 Å². The molecule has 0 aliphatic carbocycles. The van der Waals surface area contributed by atoms with E-state index < -0.39 is 17.6 Å². The van der Waals surface area contributed by atoms with Gasteiger partial charge in [0.05, 0.1) is 0 Å². The van der Waals surface area contributed by atoms with Gasteiger partial charge in [-0.05, 0) is 25.9 Å². The minimum atomic E-state index is -2.52. The molecular formula is C16H41N3O6Si2. The highest BCUT2D eigenvalue weighted by molar-refractivity contribution is 6.60. The van der Waals surface area contributed by atoms with Crippen molar-refractivity contribution in [3.05, 3.63) is 0 Å². The van der Waals surface area contributed by atoms with Crippen LogP contribution in [0.3, 0.4) is 0 Å². The van der Waals surface area contributed by atoms with Crippen molar-refractivity contribution >= 4 is 17.6 Å². The third-order valence-corrected chi connectivity index (χ3v) is 10.4. The second kappa shape index (κ2) is 15.9. The molecule has 0 atom stereocenters. The highest BCUT2D eigenvalue weighted by atomic mass is 28.4. The lowest BCUT2D eigenvalue weighted by molar-refractivity contribution is 0.119. The maximum absolute atomic E-state index is 5.54. The molecule has 0 aliphatic rings. The third-order valence-electron chi connectivity index (χ3n) is 4.71. The van der Waals surface area contributed by atoms with Gasteiger partial charge in [-0.1, -0.05) is 0 Å². The van der Waals surface area contributed by atoms with E-state index in [-0.39, 0.29) is 0 Å². The summed E-state index contributed by atoms with van der Waals surface area (Å²) in [4.78, 5) is 2.42. The van der Waals surface area contributed by atoms with Gasteiger partial charge in [0, 0.05) is 80.9 Å². The van der Waals surface area contributed by atoms with Gasteiger partial charge in [-0.3, -0.25) is 0 Å². The van der Waals surface area contributed by atoms with Crippen LogP contribution < -0.4 is 11.1 Å². The molecule has 0 aromatic carbocycles. The zero-order valence-electron chi connectivity index (χ0n) is 18.0. The van der Waals surface area contributed by atoms with Crippen LogP contribution in [0, 0.1) is 0 Å². The molecule has 3 N–H and O–H groups in total. The summed E-state index contributed by atoms with van der Waals surface area (Å²) in [7, 11) is 4.87. The normalized spacial score (nSPS) is 12.9. The van der Waals surface area contributed by atoms with E-state index in [0.717, 1.165) is 57.7 Å². The van der Waals surface area contributed by atoms with Crippen LogP contribution in [-0.2, 0) is 26.6 Å². The lowest BCUT2D eigenvalue weighted by Gasteiger charge is -2.28. The fraction of sp³-hybridized carbons (Fsp3) is 1.00. The topological polar surface area (TPSA) is 96.7 Å². The summed E-state index contributed by atoms with van der Waals surface area (Å²) in [6, 6.07) is 1.58. The van der Waals surface area contributed by atoms with Crippen LogP contribution >= 0.6 is 0 Å². The maximum Gasteiger partial charge on any atom is 0.500 e. The summed E-state index contributed by atoms with van der Waals surface area (Å²) in [6.07, 6.45) is 1.89. The molecule has 9 nitrogen and oxygen atoms in total. The Morgan fingerprint density at radius 2 is 1.07 bits per heavy atom. The first-order valence-electron chi connectivity index (χ1n) is 9.45. The standard InChI is InChI=1S/C16H41N3O6Si2/c1-20-26(21-2,22-3)15-7-12-19(14-11-18-10-9-17)13-8-16-27(23-4,24-5)25-6/h18H,7-17H2,1-6H3. The van der Waals surface area contributed by atoms with E-state index in [9.17, 15) is 0 Å². The highest BCUT2D eigenvalue weighted by Crippen LogP contribution is 2.17. The molecule has 0 fully saturated rings. The van der Waals surface area contributed by atoms with Crippen LogP contribution in [0.2, 0.25) is 12.1 Å². The second-order valence-corrected chi connectivity index (χ2v) is 12.4. The number of nitrogens with two attached hydrogens (primary N) is 1. The van der Waals surface area contributed by atoms with Crippen LogP contribution in [0.5, 0.6) is 0 Å². The van der Waals surface area contributed by atoms with Gasteiger partial charge >= 0.3 is 17.6 Å². The summed E-state index contributed by atoms with van der Waals surface area (Å²) in [6.45, 7) is 5.21. The van der Waals surface area contributed by atoms with Gasteiger partial charge < -0.3 is 42.5 Å². The summed E-state index contributed by atoms with van der Waals surface area (Å²) in [5, 5.41) is 3.35. The maximum atomic E-state index is 5.54. The number of hydrogen-bond acceptors (Lipinski definition) is 9. The molecule has 0 rings (SSSR count). The average Bonchev–Trinajstić information content (AvgIpc) is 2.72. The zero-order chi connectivity index (χ0) is 20.6. The minimum absolute atomic E-state index is 0.646. The van der Waals surface area contributed by atoms with Crippen molar-refractivity contribution in [2.45, 2.75) is 24.9 Å². The van der Waals surface area contributed by atoms with E-state index >= 15 is 0 Å². The summed E-state index contributed by atoms with van der Waals surface area (Å²) in [5.74, 6) is 0. The van der Waals surface area contributed by atoms with Crippen LogP contribution in [-0.4, -0.2) is 104 Å². The molecule has 0 heterocycles. The van der Waals surface area contributed by atoms with E-state index in [4.69, 9.17) is 32.3 Å². The smallest absolute Gasteiger partial charge is 0.377 e. The Morgan fingerprint density at radius 3 is 1.41 bits per heavy atom. The minimum Gasteiger partial charge on any atom is -0.377 e. The predicted octanol–water partition coefficient (Wildman–Crippen LogP) is 0.373. The molecule has 11 heteroatoms. The molecule has 0 spiro atoms. The molecule has 0 aliphatic heterocycles. The largest absolute Gasteiger partial charge is 0.500 e. The molecule has 0 saturated heterocycles. The van der Waals surface area contributed by atoms with Gasteiger partial charge in [-0.15, -0.1) is 0 Å². The van der Waals surface area contributed by atoms with Crippen molar-refractivity contribution in [3.8, 4) is 0 Å². The van der Waals surface area contributed by atoms with Crippen LogP contribution in [0.25, 0.3) is 0 Å². The zero-order valence-corrected chi connectivity index (χ0v) is 20.0. The first-order chi connectivity index (χ1) is 13.0. The lowest BCUT2D eigenvalue weighted by atomic mass is 10.3. The summed E-state index contributed by atoms with van der Waals surface area (Å²) in [5.41, 5.74) is 5.54. The highest BCUT2D eigenvalue weighted by Gasteiger charge is 2.38. The summed E-state index contributed by atoms with van der Waals surface area (Å²) < 4.78 is 33.0. The third kappa shape index (κ3) is 10.4. The molecule has 0 aromatic heterocycles. The summed E-state index contributed by atoms with van der Waals surface area (Å²) >= 11 is 0. The molecular weight excluding hydrogens is 386 g/mol. The molecule has 0 saturated carbocycles. The van der Waals surface area contributed by atoms with Gasteiger partial charge in [0.2, 0.25) is 0 Å². The monoisotopic (exact) mass is 427 g/mol. The molecule has 0 unspecified atom stereocenters. The van der Waals surface area contributed by atoms with Crippen LogP contribution in [0.1, 0.15) is 12.8 Å². The SMILES string of the molecule is CO[Si](CCCN(CCC[Si](OC)(OC)OC)CCNCCN)(OC)OC. The Hall–Kier alpha value is 0.0738. The average molecular weight is 428 g/mol. The Bertz CT molecular complexity index is 308. The fourth-order valence-corrected chi connectivity index (χ4v) is 6.36. The van der Waals surface area contributed by atoms with Crippen LogP contribution in [0.4, 0.5) is 0 Å². The second-order valence-electron chi connectivity index (χ2n) is 6.18. The van der Waals surface area contributed by atoms with Gasteiger partial charge in [-0.2, -0.15) is 0 Å². The molecule has 0 radical (unpaired) electrons. The first-order valence-corrected chi connectivity index (χ1v) is 13.3. The van der Waals surface area contributed by atoms with Crippen LogP contribution in [0.15, 0.2) is 0 Å². The fourth-order valence-electron chi connectivity index (χ4n) is 2.95. The first kappa shape index (κ1) is 27.1. The van der Waals surface area contributed by atoms with Gasteiger partial charge in [0.25, 0.3) is 0 Å². The molecule has 0 bridgehead atoms. The van der Waals surface area contributed by atoms with E-state index in [0.29, 0.717) is 6.54 Å². The number of hydrogen-bond donors (Lipinski definition) is 2. The Morgan fingerprint density at radius 1 is 0.667 bits per heavy atom. The van der Waals surface area contributed by atoms with Gasteiger partial charge in [-0.25, -0.2) is 0 Å². The van der Waals surface area contributed by atoms with Crippen molar-refractivity contribution in [1.82, 2.24) is 10.2 Å². The Labute approximate surface area is 167 Å². The van der Waals surface area contributed by atoms with Crippen molar-refractivity contribution in [2.24, 2.45) is 5.73 Å². The number of rotatable bonds is 19. The quantitative estimate of drug-likeness (QED) is 0.224. The van der Waals surface area contributed by atoms with E-state index in [1.807, 2.05) is 0 Å². The van der Waals surface area contributed by atoms with E-state index in [1.54, 1.807) is 42.7 Å². The number of nitrogens with zero attached hydrogens (tertiary/aromatic N) is 1. The molecule has 164 valence electrons. The molecule has 0 aromatic rings. The van der Waals surface area contributed by atoms with Crippen molar-refractivity contribution < 1.29 is 26.6 Å². The van der Waals surface area contributed by atoms with E-state index in [2.05, 4.69) is 10.2 Å². The van der Waals surface area contributed by atoms with Gasteiger partial charge in [0.15, 0.2) is 0 Å². The van der Waals surface area contributed by atoms with Crippen molar-refractivity contribution in [2.75, 3.05) is 81.9 Å². The van der Waals surface area contributed by atoms with E-state index in [1.165, 1.54) is 0 Å². The Balaban J connectivity index is 4.54. The molecule has 0 amide bonds. The van der Waals surface area contributed by atoms with Crippen molar-refractivity contribution in [3.63, 3.8) is 0 Å². The number of nitrogens with one attached hydrogen (secondary N) is 1. The van der Waals surface area contributed by atoms with Gasteiger partial charge in [0.1, 0.15) is 0 Å². The Kier molecular flexibility index (Phi) is 16.0. The molecule has 27 heavy (non-hydrogen) atoms. The predicted molar refractivity (Wildman–Crippen MR) is 111 cm³/mol. The lowest BCUT2D eigenvalue weighted by Crippen LogP contribution is -2.44.